The van der Waals surface area contributed by atoms with Crippen molar-refractivity contribution in [2.75, 3.05) is 13.1 Å². The number of carbonyl (C=O) groups is 1. The molecule has 0 spiro atoms. The predicted octanol–water partition coefficient (Wildman–Crippen LogP) is 5.16. The lowest BCUT2D eigenvalue weighted by molar-refractivity contribution is -0.0230. The normalized spacial score (nSPS) is 26.4. The number of rotatable bonds is 3. The van der Waals surface area contributed by atoms with E-state index in [2.05, 4.69) is 51.8 Å². The molecule has 8 nitrogen and oxygen atoms in total. The number of ether oxygens (including phenoxy) is 1. The van der Waals surface area contributed by atoms with Crippen molar-refractivity contribution >= 4 is 23.4 Å². The van der Waals surface area contributed by atoms with Gasteiger partial charge in [-0.2, -0.15) is 0 Å². The SMILES string of the molecule is CCC1=C(Cl)NC2(C)C(=CC1)n1c(C)nnc1[C@@H](CC)N2C1CCN(C(=O)OC(C)(C)C)CC1. The van der Waals surface area contributed by atoms with E-state index in [9.17, 15) is 4.79 Å². The number of piperidine rings is 1. The fourth-order valence-electron chi connectivity index (χ4n) is 5.66. The van der Waals surface area contributed by atoms with Crippen LogP contribution in [0.15, 0.2) is 16.8 Å². The number of carbonyl (C=O) groups excluding carboxylic acids is 1. The highest BCUT2D eigenvalue weighted by molar-refractivity contribution is 6.29. The van der Waals surface area contributed by atoms with E-state index in [0.717, 1.165) is 54.6 Å². The van der Waals surface area contributed by atoms with Gasteiger partial charge in [0.1, 0.15) is 22.2 Å². The van der Waals surface area contributed by atoms with Crippen LogP contribution < -0.4 is 5.32 Å². The molecule has 4 heterocycles. The van der Waals surface area contributed by atoms with E-state index >= 15 is 0 Å². The molecule has 1 N–H and O–H groups in total. The molecule has 0 aromatic carbocycles. The minimum atomic E-state index is -0.520. The lowest BCUT2D eigenvalue weighted by atomic mass is 9.90. The van der Waals surface area contributed by atoms with Crippen LogP contribution in [-0.4, -0.2) is 61.1 Å². The zero-order valence-electron chi connectivity index (χ0n) is 21.6. The van der Waals surface area contributed by atoms with E-state index in [1.165, 1.54) is 5.57 Å². The molecule has 3 aliphatic rings. The average molecular weight is 491 g/mol. The van der Waals surface area contributed by atoms with E-state index in [1.807, 2.05) is 32.6 Å². The molecular weight excluding hydrogens is 452 g/mol. The molecule has 1 fully saturated rings. The van der Waals surface area contributed by atoms with Crippen LogP contribution in [0.5, 0.6) is 0 Å². The van der Waals surface area contributed by atoms with Crippen molar-refractivity contribution < 1.29 is 9.53 Å². The fraction of sp³-hybridized carbons (Fsp3) is 0.720. The number of fused-ring (bicyclic) bond motifs is 3. The van der Waals surface area contributed by atoms with Crippen molar-refractivity contribution in [3.8, 4) is 0 Å². The van der Waals surface area contributed by atoms with Crippen LogP contribution in [0.2, 0.25) is 0 Å². The summed E-state index contributed by atoms with van der Waals surface area (Å²) in [6, 6.07) is 0.338. The molecule has 0 aliphatic carbocycles. The van der Waals surface area contributed by atoms with Crippen LogP contribution in [0, 0.1) is 6.92 Å². The van der Waals surface area contributed by atoms with Crippen molar-refractivity contribution in [2.45, 2.75) is 104 Å². The second-order valence-electron chi connectivity index (χ2n) is 10.7. The number of nitrogens with one attached hydrogen (secondary N) is 1. The van der Waals surface area contributed by atoms with Crippen LogP contribution in [0.4, 0.5) is 4.79 Å². The Morgan fingerprint density at radius 3 is 2.53 bits per heavy atom. The van der Waals surface area contributed by atoms with Crippen LogP contribution in [0.3, 0.4) is 0 Å². The molecule has 1 aromatic heterocycles. The van der Waals surface area contributed by atoms with E-state index in [0.29, 0.717) is 13.1 Å². The molecule has 4 rings (SSSR count). The molecule has 34 heavy (non-hydrogen) atoms. The Morgan fingerprint density at radius 1 is 1.26 bits per heavy atom. The summed E-state index contributed by atoms with van der Waals surface area (Å²) >= 11 is 6.86. The predicted molar refractivity (Wildman–Crippen MR) is 134 cm³/mol. The third kappa shape index (κ3) is 4.35. The lowest BCUT2D eigenvalue weighted by Crippen LogP contribution is -2.65. The number of nitrogens with zero attached hydrogens (tertiary/aromatic N) is 5. The largest absolute Gasteiger partial charge is 0.444 e. The van der Waals surface area contributed by atoms with E-state index in [-0.39, 0.29) is 18.2 Å². The molecule has 1 amide bonds. The third-order valence-corrected chi connectivity index (χ3v) is 7.63. The highest BCUT2D eigenvalue weighted by Crippen LogP contribution is 2.47. The summed E-state index contributed by atoms with van der Waals surface area (Å²) in [5.41, 5.74) is 1.32. The van der Waals surface area contributed by atoms with Gasteiger partial charge in [0.25, 0.3) is 0 Å². The van der Waals surface area contributed by atoms with Crippen molar-refractivity contribution in [2.24, 2.45) is 0 Å². The first-order chi connectivity index (χ1) is 16.0. The molecule has 2 atom stereocenters. The van der Waals surface area contributed by atoms with Gasteiger partial charge < -0.3 is 15.0 Å². The number of aromatic nitrogens is 3. The van der Waals surface area contributed by atoms with Crippen molar-refractivity contribution in [3.05, 3.63) is 28.5 Å². The summed E-state index contributed by atoms with van der Waals surface area (Å²) in [6.45, 7) is 15.6. The molecule has 0 saturated carbocycles. The highest BCUT2D eigenvalue weighted by Gasteiger charge is 2.51. The maximum absolute atomic E-state index is 12.7. The number of halogens is 1. The summed E-state index contributed by atoms with van der Waals surface area (Å²) in [6.07, 6.45) is 6.36. The Bertz CT molecular complexity index is 1000. The monoisotopic (exact) mass is 490 g/mol. The van der Waals surface area contributed by atoms with Gasteiger partial charge in [0.05, 0.1) is 11.7 Å². The van der Waals surface area contributed by atoms with E-state index in [1.54, 1.807) is 0 Å². The third-order valence-electron chi connectivity index (χ3n) is 7.27. The lowest BCUT2D eigenvalue weighted by Gasteiger charge is -2.55. The summed E-state index contributed by atoms with van der Waals surface area (Å²) in [7, 11) is 0. The van der Waals surface area contributed by atoms with Gasteiger partial charge in [-0.05, 0) is 72.3 Å². The van der Waals surface area contributed by atoms with Gasteiger partial charge in [-0.15, -0.1) is 10.2 Å². The molecular formula is C25H39ClN6O2. The van der Waals surface area contributed by atoms with Gasteiger partial charge in [0.2, 0.25) is 0 Å². The smallest absolute Gasteiger partial charge is 0.410 e. The van der Waals surface area contributed by atoms with Gasteiger partial charge in [-0.25, -0.2) is 4.79 Å². The number of hydrogen-bond acceptors (Lipinski definition) is 6. The summed E-state index contributed by atoms with van der Waals surface area (Å²) in [4.78, 5) is 17.0. The number of amides is 1. The number of aryl methyl sites for hydroxylation is 1. The quantitative estimate of drug-likeness (QED) is 0.589. The van der Waals surface area contributed by atoms with Crippen LogP contribution in [0.25, 0.3) is 5.70 Å². The Balaban J connectivity index is 1.69. The first kappa shape index (κ1) is 25.0. The number of likely N-dealkylation sites (tertiary alicyclic amines) is 1. The van der Waals surface area contributed by atoms with Crippen molar-refractivity contribution in [1.29, 1.82) is 0 Å². The Labute approximate surface area is 208 Å². The van der Waals surface area contributed by atoms with E-state index < -0.39 is 11.3 Å². The minimum Gasteiger partial charge on any atom is -0.444 e. The maximum Gasteiger partial charge on any atom is 0.410 e. The summed E-state index contributed by atoms with van der Waals surface area (Å²) < 4.78 is 7.84. The Kier molecular flexibility index (Phi) is 6.77. The van der Waals surface area contributed by atoms with Crippen molar-refractivity contribution in [1.82, 2.24) is 29.9 Å². The number of hydrogen-bond donors (Lipinski definition) is 1. The molecule has 0 bridgehead atoms. The van der Waals surface area contributed by atoms with E-state index in [4.69, 9.17) is 16.3 Å². The standard InChI is InChI=1S/C25H39ClN6O2/c1-8-17-10-11-20-25(7,27-21(17)26)32(19(9-2)22-29-28-16(3)31(20)22)18-12-14-30(15-13-18)23(33)34-24(4,5)6/h11,18-19,27H,8-10,12-15H2,1-7H3/t19-,25?/m1/s1. The molecule has 3 aliphatic heterocycles. The second-order valence-corrected chi connectivity index (χ2v) is 11.1. The maximum atomic E-state index is 12.7. The van der Waals surface area contributed by atoms with Gasteiger partial charge >= 0.3 is 6.09 Å². The molecule has 1 saturated heterocycles. The highest BCUT2D eigenvalue weighted by atomic mass is 35.5. The molecule has 1 aromatic rings. The van der Waals surface area contributed by atoms with Crippen LogP contribution in [0.1, 0.15) is 91.3 Å². The molecule has 1 unspecified atom stereocenters. The fourth-order valence-corrected chi connectivity index (χ4v) is 6.05. The summed E-state index contributed by atoms with van der Waals surface area (Å²) in [5.74, 6) is 1.87. The van der Waals surface area contributed by atoms with Gasteiger partial charge in [0, 0.05) is 19.1 Å². The first-order valence-corrected chi connectivity index (χ1v) is 12.9. The number of allylic oxidation sites excluding steroid dienone is 2. The molecule has 188 valence electrons. The van der Waals surface area contributed by atoms with Gasteiger partial charge in [-0.3, -0.25) is 9.47 Å². The van der Waals surface area contributed by atoms with Crippen molar-refractivity contribution in [3.63, 3.8) is 0 Å². The van der Waals surface area contributed by atoms with Gasteiger partial charge in [-0.1, -0.05) is 31.5 Å². The zero-order chi connectivity index (χ0) is 24.8. The Hall–Kier alpha value is -2.06. The molecule has 9 heteroatoms. The topological polar surface area (TPSA) is 75.5 Å². The average Bonchev–Trinajstić information content (AvgIpc) is 3.08. The summed E-state index contributed by atoms with van der Waals surface area (Å²) in [5, 5.41) is 13.5. The Morgan fingerprint density at radius 2 is 1.94 bits per heavy atom. The second kappa shape index (κ2) is 9.19. The minimum absolute atomic E-state index is 0.0848. The van der Waals surface area contributed by atoms with Gasteiger partial charge in [0.15, 0.2) is 5.82 Å². The van der Waals surface area contributed by atoms with Crippen LogP contribution in [-0.2, 0) is 4.74 Å². The van der Waals surface area contributed by atoms with Crippen LogP contribution >= 0.6 is 11.6 Å². The first-order valence-electron chi connectivity index (χ1n) is 12.5. The molecule has 0 radical (unpaired) electrons. The zero-order valence-corrected chi connectivity index (χ0v) is 22.4.